The molecule has 0 spiro atoms. The molecule has 1 amide bonds. The van der Waals surface area contributed by atoms with E-state index in [9.17, 15) is 4.79 Å². The lowest BCUT2D eigenvalue weighted by molar-refractivity contribution is 0.0104. The molecule has 34 heavy (non-hydrogen) atoms. The number of hydrazine groups is 1. The van der Waals surface area contributed by atoms with Gasteiger partial charge >= 0.3 is 0 Å². The highest BCUT2D eigenvalue weighted by molar-refractivity contribution is 5.96. The van der Waals surface area contributed by atoms with Crippen LogP contribution in [-0.2, 0) is 6.54 Å². The molecule has 4 aromatic rings. The zero-order chi connectivity index (χ0) is 23.3. The molecular weight excluding hydrogens is 420 g/mol. The fourth-order valence-corrected chi connectivity index (χ4v) is 4.39. The van der Waals surface area contributed by atoms with Crippen molar-refractivity contribution in [3.63, 3.8) is 0 Å². The molecule has 0 N–H and O–H groups in total. The summed E-state index contributed by atoms with van der Waals surface area (Å²) >= 11 is 0. The zero-order valence-corrected chi connectivity index (χ0v) is 19.0. The smallest absolute Gasteiger partial charge is 0.272 e. The highest BCUT2D eigenvalue weighted by atomic mass is 16.5. The molecule has 0 saturated carbocycles. The van der Waals surface area contributed by atoms with Gasteiger partial charge in [-0.3, -0.25) is 4.79 Å². The van der Waals surface area contributed by atoms with Crippen molar-refractivity contribution in [3.05, 3.63) is 144 Å². The van der Waals surface area contributed by atoms with Gasteiger partial charge in [0, 0.05) is 23.9 Å². The van der Waals surface area contributed by atoms with Gasteiger partial charge in [0.15, 0.2) is 0 Å². The van der Waals surface area contributed by atoms with Crippen molar-refractivity contribution in [1.82, 2.24) is 10.0 Å². The number of carbonyl (C=O) groups is 1. The maximum absolute atomic E-state index is 13.7. The molecule has 168 valence electrons. The first-order chi connectivity index (χ1) is 16.7. The molecule has 0 aromatic heterocycles. The maximum Gasteiger partial charge on any atom is 0.272 e. The van der Waals surface area contributed by atoms with Gasteiger partial charge in [-0.05, 0) is 41.0 Å². The van der Waals surface area contributed by atoms with E-state index < -0.39 is 0 Å². The van der Waals surface area contributed by atoms with Gasteiger partial charge < -0.3 is 4.74 Å². The molecule has 5 rings (SSSR count). The van der Waals surface area contributed by atoms with Crippen LogP contribution in [-0.4, -0.2) is 23.0 Å². The lowest BCUT2D eigenvalue weighted by Gasteiger charge is -2.33. The highest BCUT2D eigenvalue weighted by Crippen LogP contribution is 2.43. The second-order valence-electron chi connectivity index (χ2n) is 8.23. The van der Waals surface area contributed by atoms with Crippen molar-refractivity contribution in [2.75, 3.05) is 7.11 Å². The number of nitrogens with zero attached hydrogens (tertiary/aromatic N) is 2. The first kappa shape index (κ1) is 21.7. The minimum Gasteiger partial charge on any atom is -0.497 e. The van der Waals surface area contributed by atoms with Crippen molar-refractivity contribution in [2.24, 2.45) is 0 Å². The van der Waals surface area contributed by atoms with Gasteiger partial charge in [-0.2, -0.15) is 5.01 Å². The molecular formula is C30H26N2O2. The normalized spacial score (nSPS) is 15.7. The van der Waals surface area contributed by atoms with Crippen molar-refractivity contribution in [3.8, 4) is 5.75 Å². The van der Waals surface area contributed by atoms with Crippen LogP contribution in [0.4, 0.5) is 0 Å². The third kappa shape index (κ3) is 4.36. The Hall–Kier alpha value is -4.15. The first-order valence-electron chi connectivity index (χ1n) is 11.3. The molecule has 0 unspecified atom stereocenters. The van der Waals surface area contributed by atoms with E-state index in [1.807, 2.05) is 85.1 Å². The van der Waals surface area contributed by atoms with Crippen LogP contribution in [0.2, 0.25) is 0 Å². The molecule has 1 aliphatic heterocycles. The van der Waals surface area contributed by atoms with Gasteiger partial charge in [-0.15, -0.1) is 0 Å². The number of carbonyl (C=O) groups excluding carboxylic acids is 1. The molecule has 0 bridgehead atoms. The Labute approximate surface area is 200 Å². The molecule has 0 aliphatic carbocycles. The molecule has 4 nitrogen and oxygen atoms in total. The average molecular weight is 447 g/mol. The number of amides is 1. The Morgan fingerprint density at radius 1 is 0.765 bits per heavy atom. The topological polar surface area (TPSA) is 32.8 Å². The highest BCUT2D eigenvalue weighted by Gasteiger charge is 2.38. The summed E-state index contributed by atoms with van der Waals surface area (Å²) < 4.78 is 5.39. The molecule has 4 aromatic carbocycles. The summed E-state index contributed by atoms with van der Waals surface area (Å²) in [6.07, 6.45) is 1.99. The van der Waals surface area contributed by atoms with Crippen molar-refractivity contribution < 1.29 is 9.53 Å². The van der Waals surface area contributed by atoms with Crippen molar-refractivity contribution in [2.45, 2.75) is 12.6 Å². The van der Waals surface area contributed by atoms with Crippen LogP contribution in [0.3, 0.4) is 0 Å². The Bertz CT molecular complexity index is 1270. The Morgan fingerprint density at radius 3 is 1.97 bits per heavy atom. The molecule has 1 heterocycles. The number of benzene rings is 4. The van der Waals surface area contributed by atoms with E-state index in [2.05, 4.69) is 41.4 Å². The fourth-order valence-electron chi connectivity index (χ4n) is 4.39. The predicted octanol–water partition coefficient (Wildman–Crippen LogP) is 6.35. The minimum atomic E-state index is -0.138. The Kier molecular flexibility index (Phi) is 6.23. The van der Waals surface area contributed by atoms with Gasteiger partial charge in [0.1, 0.15) is 5.75 Å². The van der Waals surface area contributed by atoms with E-state index in [0.29, 0.717) is 12.1 Å². The summed E-state index contributed by atoms with van der Waals surface area (Å²) in [5.41, 5.74) is 5.04. The first-order valence-corrected chi connectivity index (χ1v) is 11.3. The van der Waals surface area contributed by atoms with Gasteiger partial charge in [0.05, 0.1) is 13.2 Å². The quantitative estimate of drug-likeness (QED) is 0.346. The molecule has 1 aliphatic rings. The van der Waals surface area contributed by atoms with Crippen LogP contribution in [0.25, 0.3) is 5.57 Å². The number of ether oxygens (including phenoxy) is 1. The largest absolute Gasteiger partial charge is 0.497 e. The fraction of sp³-hybridized carbons (Fsp3) is 0.100. The summed E-state index contributed by atoms with van der Waals surface area (Å²) in [6, 6.07) is 37.9. The van der Waals surface area contributed by atoms with Crippen molar-refractivity contribution >= 4 is 11.5 Å². The number of hydrogen-bond acceptors (Lipinski definition) is 3. The predicted molar refractivity (Wildman–Crippen MR) is 135 cm³/mol. The lowest BCUT2D eigenvalue weighted by atomic mass is 9.94. The number of hydrogen-bond donors (Lipinski definition) is 0. The number of methoxy groups -OCH3 is 1. The van der Waals surface area contributed by atoms with Crippen LogP contribution in [0.1, 0.15) is 33.1 Å². The van der Waals surface area contributed by atoms with Crippen LogP contribution < -0.4 is 4.74 Å². The molecule has 4 heteroatoms. The van der Waals surface area contributed by atoms with E-state index in [4.69, 9.17) is 4.74 Å². The summed E-state index contributed by atoms with van der Waals surface area (Å²) in [6.45, 7) is 0.586. The second-order valence-corrected chi connectivity index (χ2v) is 8.23. The van der Waals surface area contributed by atoms with E-state index >= 15 is 0 Å². The molecule has 0 fully saturated rings. The van der Waals surface area contributed by atoms with E-state index in [1.165, 1.54) is 0 Å². The average Bonchev–Trinajstić information content (AvgIpc) is 3.29. The number of rotatable bonds is 6. The molecule has 0 radical (unpaired) electrons. The SMILES string of the molecule is COc1ccc([C@@H]2C(c3ccccc3)=CN(C(=O)c3ccccc3)N2Cc2ccccc2)cc1. The van der Waals surface area contributed by atoms with Gasteiger partial charge in [0.2, 0.25) is 0 Å². The Morgan fingerprint density at radius 2 is 1.35 bits per heavy atom. The van der Waals surface area contributed by atoms with Crippen LogP contribution in [0.5, 0.6) is 5.75 Å². The summed E-state index contributed by atoms with van der Waals surface area (Å²) in [5.74, 6) is 0.750. The van der Waals surface area contributed by atoms with Crippen LogP contribution >= 0.6 is 0 Å². The van der Waals surface area contributed by atoms with E-state index in [0.717, 1.165) is 28.0 Å². The minimum absolute atomic E-state index is 0.0547. The van der Waals surface area contributed by atoms with Crippen LogP contribution in [0, 0.1) is 0 Å². The standard InChI is InChI=1S/C30H26N2O2/c1-34-27-19-17-25(18-20-27)29-28(24-13-7-3-8-14-24)22-32(30(33)26-15-9-4-10-16-26)31(29)21-23-11-5-2-6-12-23/h2-20,22,29H,21H2,1H3/t29-/m1/s1. The van der Waals surface area contributed by atoms with E-state index in [1.54, 1.807) is 12.1 Å². The third-order valence-corrected chi connectivity index (χ3v) is 6.09. The maximum atomic E-state index is 13.7. The molecule has 0 saturated heterocycles. The summed E-state index contributed by atoms with van der Waals surface area (Å²) in [4.78, 5) is 13.7. The van der Waals surface area contributed by atoms with Crippen LogP contribution in [0.15, 0.2) is 121 Å². The van der Waals surface area contributed by atoms with Crippen molar-refractivity contribution in [1.29, 1.82) is 0 Å². The zero-order valence-electron chi connectivity index (χ0n) is 19.0. The van der Waals surface area contributed by atoms with Gasteiger partial charge in [-0.25, -0.2) is 5.01 Å². The second kappa shape index (κ2) is 9.77. The van der Waals surface area contributed by atoms with E-state index in [-0.39, 0.29) is 11.9 Å². The third-order valence-electron chi connectivity index (χ3n) is 6.09. The van der Waals surface area contributed by atoms with Gasteiger partial charge in [-0.1, -0.05) is 91.0 Å². The summed E-state index contributed by atoms with van der Waals surface area (Å²) in [7, 11) is 1.67. The summed E-state index contributed by atoms with van der Waals surface area (Å²) in [5, 5.41) is 3.92. The monoisotopic (exact) mass is 446 g/mol. The Balaban J connectivity index is 1.63. The lowest BCUT2D eigenvalue weighted by Crippen LogP contribution is -2.40. The molecule has 1 atom stereocenters. The van der Waals surface area contributed by atoms with Gasteiger partial charge in [0.25, 0.3) is 5.91 Å².